The van der Waals surface area contributed by atoms with Gasteiger partial charge in [-0.15, -0.1) is 11.8 Å². The second kappa shape index (κ2) is 6.09. The van der Waals surface area contributed by atoms with Crippen molar-refractivity contribution >= 4 is 34.3 Å². The van der Waals surface area contributed by atoms with E-state index in [0.29, 0.717) is 15.8 Å². The number of fused-ring (bicyclic) bond motifs is 1. The number of pyridine rings is 1. The van der Waals surface area contributed by atoms with Gasteiger partial charge in [-0.2, -0.15) is 0 Å². The van der Waals surface area contributed by atoms with Crippen LogP contribution in [0.15, 0.2) is 35.4 Å². The zero-order valence-corrected chi connectivity index (χ0v) is 12.3. The lowest BCUT2D eigenvalue weighted by atomic mass is 10.1. The number of rotatable bonds is 5. The molecular formula is C14H14N2O4S. The van der Waals surface area contributed by atoms with Gasteiger partial charge in [0, 0.05) is 6.20 Å². The highest BCUT2D eigenvalue weighted by Gasteiger charge is 2.28. The molecule has 6 nitrogen and oxygen atoms in total. The molecule has 1 atom stereocenters. The van der Waals surface area contributed by atoms with Crippen molar-refractivity contribution in [1.82, 2.24) is 4.98 Å². The van der Waals surface area contributed by atoms with Crippen LogP contribution >= 0.6 is 11.8 Å². The number of hydrogen-bond donors (Lipinski definition) is 1. The number of hydrogen-bond acceptors (Lipinski definition) is 5. The topological polar surface area (TPSA) is 93.3 Å². The van der Waals surface area contributed by atoms with Crippen molar-refractivity contribution in [3.05, 3.63) is 40.6 Å². The lowest BCUT2D eigenvalue weighted by Crippen LogP contribution is -2.22. The molecule has 0 saturated carbocycles. The fourth-order valence-electron chi connectivity index (χ4n) is 2.01. The van der Waals surface area contributed by atoms with E-state index in [4.69, 9.17) is 0 Å². The van der Waals surface area contributed by atoms with E-state index in [9.17, 15) is 20.0 Å². The number of nitro benzene ring substituents is 1. The Morgan fingerprint density at radius 2 is 2.10 bits per heavy atom. The molecule has 0 saturated heterocycles. The summed E-state index contributed by atoms with van der Waals surface area (Å²) in [6.07, 6.45) is 1.56. The van der Waals surface area contributed by atoms with Crippen LogP contribution in [0.3, 0.4) is 0 Å². The molecule has 0 amide bonds. The molecule has 0 aliphatic carbocycles. The molecule has 21 heavy (non-hydrogen) atoms. The predicted octanol–water partition coefficient (Wildman–Crippen LogP) is 3.34. The van der Waals surface area contributed by atoms with Crippen LogP contribution in [0.25, 0.3) is 10.9 Å². The second-order valence-corrected chi connectivity index (χ2v) is 6.04. The number of carboxylic acids is 1. The van der Waals surface area contributed by atoms with Gasteiger partial charge >= 0.3 is 5.97 Å². The van der Waals surface area contributed by atoms with Crippen molar-refractivity contribution in [3.8, 4) is 0 Å². The molecule has 1 aromatic carbocycles. The molecule has 2 rings (SSSR count). The standard InChI is InChI=1S/C14H14N2O4S/c1-8(2)13(14(17)18)21-11-6-5-10-9(4-3-7-15-10)12(11)16(19)20/h3-8,13H,1-2H3,(H,17,18). The molecule has 1 N–H and O–H groups in total. The van der Waals surface area contributed by atoms with Gasteiger partial charge in [-0.3, -0.25) is 19.9 Å². The smallest absolute Gasteiger partial charge is 0.317 e. The third-order valence-corrected chi connectivity index (χ3v) is 4.59. The van der Waals surface area contributed by atoms with Gasteiger partial charge in [-0.1, -0.05) is 13.8 Å². The number of carboxylic acid groups (broad SMARTS) is 1. The number of nitrogens with zero attached hydrogens (tertiary/aromatic N) is 2. The first kappa shape index (κ1) is 15.2. The molecule has 0 aliphatic heterocycles. The van der Waals surface area contributed by atoms with Gasteiger partial charge in [0.2, 0.25) is 0 Å². The summed E-state index contributed by atoms with van der Waals surface area (Å²) in [4.78, 5) is 26.6. The Bertz CT molecular complexity index is 702. The average Bonchev–Trinajstić information content (AvgIpc) is 2.42. The minimum Gasteiger partial charge on any atom is -0.480 e. The van der Waals surface area contributed by atoms with Gasteiger partial charge in [-0.05, 0) is 30.2 Å². The summed E-state index contributed by atoms with van der Waals surface area (Å²) in [6.45, 7) is 3.56. The van der Waals surface area contributed by atoms with Crippen LogP contribution < -0.4 is 0 Å². The lowest BCUT2D eigenvalue weighted by molar-refractivity contribution is -0.385. The van der Waals surface area contributed by atoms with Crippen molar-refractivity contribution in [1.29, 1.82) is 0 Å². The second-order valence-electron chi connectivity index (χ2n) is 4.86. The van der Waals surface area contributed by atoms with E-state index < -0.39 is 16.1 Å². The Balaban J connectivity index is 2.56. The van der Waals surface area contributed by atoms with Crippen molar-refractivity contribution < 1.29 is 14.8 Å². The highest BCUT2D eigenvalue weighted by atomic mass is 32.2. The fraction of sp³-hybridized carbons (Fsp3) is 0.286. The predicted molar refractivity (Wildman–Crippen MR) is 80.5 cm³/mol. The number of benzene rings is 1. The minimum absolute atomic E-state index is 0.0856. The van der Waals surface area contributed by atoms with Crippen molar-refractivity contribution in [2.24, 2.45) is 5.92 Å². The first-order valence-corrected chi connectivity index (χ1v) is 7.21. The van der Waals surface area contributed by atoms with E-state index in [-0.39, 0.29) is 11.6 Å². The normalized spacial score (nSPS) is 12.5. The Hall–Kier alpha value is -2.15. The summed E-state index contributed by atoms with van der Waals surface area (Å²) in [7, 11) is 0. The largest absolute Gasteiger partial charge is 0.480 e. The van der Waals surface area contributed by atoms with Crippen molar-refractivity contribution in [2.75, 3.05) is 0 Å². The highest BCUT2D eigenvalue weighted by Crippen LogP contribution is 2.38. The highest BCUT2D eigenvalue weighted by molar-refractivity contribution is 8.00. The van der Waals surface area contributed by atoms with E-state index in [0.717, 1.165) is 11.8 Å². The van der Waals surface area contributed by atoms with Crippen molar-refractivity contribution in [3.63, 3.8) is 0 Å². The molecule has 2 aromatic rings. The van der Waals surface area contributed by atoms with Crippen LogP contribution in [0.1, 0.15) is 13.8 Å². The zero-order chi connectivity index (χ0) is 15.6. The monoisotopic (exact) mass is 306 g/mol. The lowest BCUT2D eigenvalue weighted by Gasteiger charge is -2.16. The maximum atomic E-state index is 11.4. The van der Waals surface area contributed by atoms with E-state index >= 15 is 0 Å². The van der Waals surface area contributed by atoms with E-state index in [1.807, 2.05) is 0 Å². The van der Waals surface area contributed by atoms with E-state index in [2.05, 4.69) is 4.98 Å². The van der Waals surface area contributed by atoms with Gasteiger partial charge in [0.25, 0.3) is 5.69 Å². The van der Waals surface area contributed by atoms with Gasteiger partial charge in [0.05, 0.1) is 20.7 Å². The molecule has 7 heteroatoms. The molecule has 0 radical (unpaired) electrons. The summed E-state index contributed by atoms with van der Waals surface area (Å²) >= 11 is 1.01. The summed E-state index contributed by atoms with van der Waals surface area (Å²) < 4.78 is 0. The molecule has 1 aromatic heterocycles. The molecule has 0 spiro atoms. The zero-order valence-electron chi connectivity index (χ0n) is 11.5. The fourth-order valence-corrected chi connectivity index (χ4v) is 3.10. The third-order valence-electron chi connectivity index (χ3n) is 3.01. The van der Waals surface area contributed by atoms with Crippen LogP contribution in [0.4, 0.5) is 5.69 Å². The molecule has 0 fully saturated rings. The number of thioether (sulfide) groups is 1. The Morgan fingerprint density at radius 1 is 1.38 bits per heavy atom. The van der Waals surface area contributed by atoms with Crippen LogP contribution in [-0.4, -0.2) is 26.2 Å². The third kappa shape index (κ3) is 3.13. The summed E-state index contributed by atoms with van der Waals surface area (Å²) in [5.74, 6) is -1.12. The Kier molecular flexibility index (Phi) is 4.42. The first-order chi connectivity index (χ1) is 9.91. The van der Waals surface area contributed by atoms with Gasteiger partial charge in [0.15, 0.2) is 0 Å². The molecule has 110 valence electrons. The number of aliphatic carboxylic acids is 1. The summed E-state index contributed by atoms with van der Waals surface area (Å²) in [5.41, 5.74) is 0.433. The van der Waals surface area contributed by atoms with E-state index in [1.165, 1.54) is 0 Å². The van der Waals surface area contributed by atoms with Gasteiger partial charge in [-0.25, -0.2) is 0 Å². The van der Waals surface area contributed by atoms with Crippen LogP contribution in [-0.2, 0) is 4.79 Å². The Morgan fingerprint density at radius 3 is 2.67 bits per heavy atom. The quantitative estimate of drug-likeness (QED) is 0.517. The van der Waals surface area contributed by atoms with E-state index in [1.54, 1.807) is 44.3 Å². The van der Waals surface area contributed by atoms with Crippen LogP contribution in [0, 0.1) is 16.0 Å². The maximum Gasteiger partial charge on any atom is 0.317 e. The first-order valence-electron chi connectivity index (χ1n) is 6.33. The molecule has 0 aliphatic rings. The van der Waals surface area contributed by atoms with Gasteiger partial charge in [0.1, 0.15) is 5.25 Å². The van der Waals surface area contributed by atoms with Gasteiger partial charge < -0.3 is 5.11 Å². The van der Waals surface area contributed by atoms with Crippen LogP contribution in [0.2, 0.25) is 0 Å². The average molecular weight is 306 g/mol. The summed E-state index contributed by atoms with van der Waals surface area (Å²) in [5, 5.41) is 20.3. The number of nitro groups is 1. The summed E-state index contributed by atoms with van der Waals surface area (Å²) in [6, 6.07) is 6.48. The SMILES string of the molecule is CC(C)C(Sc1ccc2ncccc2c1[N+](=O)[O-])C(=O)O. The van der Waals surface area contributed by atoms with Crippen molar-refractivity contribution in [2.45, 2.75) is 24.0 Å². The minimum atomic E-state index is -0.976. The molecule has 1 heterocycles. The Labute approximate surface area is 125 Å². The number of carbonyl (C=O) groups is 1. The molecule has 0 bridgehead atoms. The molecular weight excluding hydrogens is 292 g/mol. The van der Waals surface area contributed by atoms with Crippen LogP contribution in [0.5, 0.6) is 0 Å². The number of aromatic nitrogens is 1. The molecule has 1 unspecified atom stereocenters. The maximum absolute atomic E-state index is 11.4.